The first-order valence-corrected chi connectivity index (χ1v) is 8.15. The maximum Gasteiger partial charge on any atom is 0.254 e. The molecule has 0 saturated carbocycles. The molecule has 0 aliphatic carbocycles. The monoisotopic (exact) mass is 316 g/mol. The molecule has 6 nitrogen and oxygen atoms in total. The molecule has 2 aromatic rings. The third-order valence-electron chi connectivity index (χ3n) is 4.54. The van der Waals surface area contributed by atoms with Crippen molar-refractivity contribution >= 4 is 16.9 Å². The van der Waals surface area contributed by atoms with Crippen molar-refractivity contribution in [2.45, 2.75) is 52.2 Å². The highest BCUT2D eigenvalue weighted by atomic mass is 16.3. The van der Waals surface area contributed by atoms with Crippen LogP contribution >= 0.6 is 0 Å². The van der Waals surface area contributed by atoms with Crippen LogP contribution in [0.1, 0.15) is 55.7 Å². The molecule has 23 heavy (non-hydrogen) atoms. The van der Waals surface area contributed by atoms with Crippen molar-refractivity contribution in [1.29, 1.82) is 0 Å². The molecule has 3 rings (SSSR count). The van der Waals surface area contributed by atoms with Crippen LogP contribution in [0.3, 0.4) is 0 Å². The maximum absolute atomic E-state index is 12.9. The van der Waals surface area contributed by atoms with Gasteiger partial charge in [-0.3, -0.25) is 4.79 Å². The van der Waals surface area contributed by atoms with Crippen molar-refractivity contribution in [3.05, 3.63) is 23.5 Å². The van der Waals surface area contributed by atoms with Gasteiger partial charge in [-0.15, -0.1) is 0 Å². The number of aliphatic hydroxyl groups is 1. The van der Waals surface area contributed by atoms with E-state index in [1.807, 2.05) is 43.3 Å². The average Bonchev–Trinajstić information content (AvgIpc) is 2.89. The Morgan fingerprint density at radius 1 is 1.35 bits per heavy atom. The Morgan fingerprint density at radius 3 is 2.61 bits per heavy atom. The van der Waals surface area contributed by atoms with Gasteiger partial charge in [0, 0.05) is 24.8 Å². The minimum atomic E-state index is -0.664. The lowest BCUT2D eigenvalue weighted by molar-refractivity contribution is -0.00197. The highest BCUT2D eigenvalue weighted by molar-refractivity contribution is 6.05. The third-order valence-corrected chi connectivity index (χ3v) is 4.54. The zero-order valence-electron chi connectivity index (χ0n) is 14.2. The van der Waals surface area contributed by atoms with Gasteiger partial charge in [0.2, 0.25) is 0 Å². The number of nitrogens with zero attached hydrogens (tertiary/aromatic N) is 4. The number of fused-ring (bicyclic) bond motifs is 1. The molecular weight excluding hydrogens is 292 g/mol. The van der Waals surface area contributed by atoms with Gasteiger partial charge < -0.3 is 10.0 Å². The lowest BCUT2D eigenvalue weighted by atomic mass is 9.93. The molecule has 124 valence electrons. The summed E-state index contributed by atoms with van der Waals surface area (Å²) in [5.41, 5.74) is 1.56. The summed E-state index contributed by atoms with van der Waals surface area (Å²) in [5, 5.41) is 15.3. The predicted molar refractivity (Wildman–Crippen MR) is 88.4 cm³/mol. The quantitative estimate of drug-likeness (QED) is 0.923. The number of amides is 1. The van der Waals surface area contributed by atoms with Crippen LogP contribution in [-0.2, 0) is 0 Å². The molecular formula is C17H24N4O2. The number of carbonyl (C=O) groups excluding carboxylic acids is 1. The molecule has 1 aliphatic heterocycles. The molecule has 1 aliphatic rings. The van der Waals surface area contributed by atoms with Crippen molar-refractivity contribution in [2.75, 3.05) is 13.1 Å². The van der Waals surface area contributed by atoms with E-state index in [4.69, 9.17) is 0 Å². The summed E-state index contributed by atoms with van der Waals surface area (Å²) in [6.07, 6.45) is 2.95. The second-order valence-corrected chi connectivity index (χ2v) is 7.02. The summed E-state index contributed by atoms with van der Waals surface area (Å²) in [4.78, 5) is 19.3. The van der Waals surface area contributed by atoms with Crippen molar-refractivity contribution in [1.82, 2.24) is 19.7 Å². The van der Waals surface area contributed by atoms with Crippen molar-refractivity contribution in [3.63, 3.8) is 0 Å². The lowest BCUT2D eigenvalue weighted by Gasteiger charge is -2.35. The minimum absolute atomic E-state index is 0.000642. The van der Waals surface area contributed by atoms with Gasteiger partial charge in [0.25, 0.3) is 5.91 Å². The summed E-state index contributed by atoms with van der Waals surface area (Å²) in [5.74, 6) is -0.000642. The number of hydrogen-bond acceptors (Lipinski definition) is 4. The molecule has 0 unspecified atom stereocenters. The Bertz CT molecular complexity index is 738. The summed E-state index contributed by atoms with van der Waals surface area (Å²) >= 11 is 0. The van der Waals surface area contributed by atoms with Gasteiger partial charge in [-0.2, -0.15) is 5.10 Å². The van der Waals surface area contributed by atoms with E-state index < -0.39 is 5.60 Å². The highest BCUT2D eigenvalue weighted by Crippen LogP contribution is 2.26. The molecule has 0 bridgehead atoms. The van der Waals surface area contributed by atoms with Gasteiger partial charge >= 0.3 is 0 Å². The Kier molecular flexibility index (Phi) is 3.88. The van der Waals surface area contributed by atoms with Crippen LogP contribution in [0.2, 0.25) is 0 Å². The van der Waals surface area contributed by atoms with Crippen molar-refractivity contribution in [3.8, 4) is 0 Å². The average molecular weight is 316 g/mol. The number of pyridine rings is 1. The van der Waals surface area contributed by atoms with Crippen LogP contribution in [0.4, 0.5) is 0 Å². The first-order valence-electron chi connectivity index (χ1n) is 8.15. The van der Waals surface area contributed by atoms with Crippen molar-refractivity contribution in [2.24, 2.45) is 0 Å². The molecule has 6 heteroatoms. The fourth-order valence-corrected chi connectivity index (χ4v) is 3.06. The minimum Gasteiger partial charge on any atom is -0.390 e. The SMILES string of the molecule is Cc1cc(C(=O)N2CCC(C)(O)CC2)c2cnn(C(C)C)c2n1. The molecule has 1 fully saturated rings. The molecule has 0 spiro atoms. The number of aryl methyl sites for hydroxylation is 1. The largest absolute Gasteiger partial charge is 0.390 e. The van der Waals surface area contributed by atoms with Gasteiger partial charge in [0.05, 0.1) is 22.7 Å². The normalized spacial score (nSPS) is 17.9. The van der Waals surface area contributed by atoms with E-state index in [2.05, 4.69) is 10.1 Å². The van der Waals surface area contributed by atoms with Gasteiger partial charge in [-0.05, 0) is 46.6 Å². The summed E-state index contributed by atoms with van der Waals surface area (Å²) in [7, 11) is 0. The molecule has 3 heterocycles. The molecule has 1 saturated heterocycles. The summed E-state index contributed by atoms with van der Waals surface area (Å²) in [6.45, 7) is 8.97. The first-order chi connectivity index (χ1) is 10.8. The Morgan fingerprint density at radius 2 is 2.00 bits per heavy atom. The number of aromatic nitrogens is 3. The zero-order chi connectivity index (χ0) is 16.8. The Hall–Kier alpha value is -1.95. The first kappa shape index (κ1) is 15.9. The van der Waals surface area contributed by atoms with Crippen molar-refractivity contribution < 1.29 is 9.90 Å². The van der Waals surface area contributed by atoms with E-state index in [0.29, 0.717) is 31.5 Å². The number of hydrogen-bond donors (Lipinski definition) is 1. The summed E-state index contributed by atoms with van der Waals surface area (Å²) < 4.78 is 1.85. The van der Waals surface area contributed by atoms with Crippen LogP contribution in [0.15, 0.2) is 12.3 Å². The third kappa shape index (κ3) is 2.95. The number of carbonyl (C=O) groups is 1. The summed E-state index contributed by atoms with van der Waals surface area (Å²) in [6, 6.07) is 2.03. The number of likely N-dealkylation sites (tertiary alicyclic amines) is 1. The maximum atomic E-state index is 12.9. The Labute approximate surface area is 136 Å². The smallest absolute Gasteiger partial charge is 0.254 e. The van der Waals surface area contributed by atoms with Crippen LogP contribution in [0.5, 0.6) is 0 Å². The van der Waals surface area contributed by atoms with Gasteiger partial charge in [-0.25, -0.2) is 9.67 Å². The lowest BCUT2D eigenvalue weighted by Crippen LogP contribution is -2.45. The van der Waals surface area contributed by atoms with E-state index in [1.165, 1.54) is 0 Å². The molecule has 0 atom stereocenters. The second-order valence-electron chi connectivity index (χ2n) is 7.02. The Balaban J connectivity index is 1.98. The van der Waals surface area contributed by atoms with Crippen LogP contribution in [0.25, 0.3) is 11.0 Å². The molecule has 1 N–H and O–H groups in total. The standard InChI is InChI=1S/C17H24N4O2/c1-11(2)21-15-14(10-18-21)13(9-12(3)19-15)16(22)20-7-5-17(4,23)6-8-20/h9-11,23H,5-8H2,1-4H3. The van der Waals surface area contributed by atoms with Crippen LogP contribution in [0, 0.1) is 6.92 Å². The van der Waals surface area contributed by atoms with E-state index in [1.54, 1.807) is 6.20 Å². The molecule has 1 amide bonds. The predicted octanol–water partition coefficient (Wildman–Crippen LogP) is 2.31. The van der Waals surface area contributed by atoms with E-state index >= 15 is 0 Å². The zero-order valence-corrected chi connectivity index (χ0v) is 14.2. The number of rotatable bonds is 2. The molecule has 2 aromatic heterocycles. The van der Waals surface area contributed by atoms with E-state index in [0.717, 1.165) is 16.7 Å². The van der Waals surface area contributed by atoms with Gasteiger partial charge in [-0.1, -0.05) is 0 Å². The fraction of sp³-hybridized carbons (Fsp3) is 0.588. The van der Waals surface area contributed by atoms with E-state index in [-0.39, 0.29) is 11.9 Å². The van der Waals surface area contributed by atoms with E-state index in [9.17, 15) is 9.90 Å². The highest BCUT2D eigenvalue weighted by Gasteiger charge is 2.31. The second kappa shape index (κ2) is 5.60. The fourth-order valence-electron chi connectivity index (χ4n) is 3.06. The van der Waals surface area contributed by atoms with Crippen LogP contribution < -0.4 is 0 Å². The van der Waals surface area contributed by atoms with Gasteiger partial charge in [0.1, 0.15) is 0 Å². The number of piperidine rings is 1. The van der Waals surface area contributed by atoms with Gasteiger partial charge in [0.15, 0.2) is 5.65 Å². The molecule has 0 aromatic carbocycles. The topological polar surface area (TPSA) is 71.2 Å². The van der Waals surface area contributed by atoms with Crippen LogP contribution in [-0.4, -0.2) is 49.4 Å². The molecule has 0 radical (unpaired) electrons.